The van der Waals surface area contributed by atoms with Crippen LogP contribution in [0.4, 0.5) is 14.9 Å². The number of anilines is 1. The van der Waals surface area contributed by atoms with Crippen molar-refractivity contribution in [2.45, 2.75) is 31.3 Å². The zero-order valence-electron chi connectivity index (χ0n) is 13.7. The van der Waals surface area contributed by atoms with Gasteiger partial charge < -0.3 is 16.0 Å². The predicted molar refractivity (Wildman–Crippen MR) is 93.7 cm³/mol. The van der Waals surface area contributed by atoms with Crippen molar-refractivity contribution in [3.63, 3.8) is 0 Å². The van der Waals surface area contributed by atoms with Crippen LogP contribution in [0.2, 0.25) is 0 Å². The van der Waals surface area contributed by atoms with E-state index in [0.717, 1.165) is 18.4 Å². The Morgan fingerprint density at radius 2 is 1.72 bits per heavy atom. The molecule has 1 aliphatic rings. The highest BCUT2D eigenvalue weighted by molar-refractivity contribution is 5.94. The number of benzene rings is 2. The fourth-order valence-electron chi connectivity index (χ4n) is 2.45. The summed E-state index contributed by atoms with van der Waals surface area (Å²) >= 11 is 0. The topological polar surface area (TPSA) is 70.2 Å². The number of carbonyl (C=O) groups excluding carboxylic acids is 2. The molecule has 130 valence electrons. The number of carbonyl (C=O) groups is 2. The van der Waals surface area contributed by atoms with Gasteiger partial charge in [0.15, 0.2) is 0 Å². The van der Waals surface area contributed by atoms with Crippen LogP contribution in [-0.4, -0.2) is 24.0 Å². The van der Waals surface area contributed by atoms with Gasteiger partial charge in [0.2, 0.25) is 5.91 Å². The average molecular weight is 341 g/mol. The number of nitrogens with one attached hydrogen (secondary N) is 3. The third kappa shape index (κ3) is 5.31. The molecule has 0 unspecified atom stereocenters. The summed E-state index contributed by atoms with van der Waals surface area (Å²) < 4.78 is 12.9. The van der Waals surface area contributed by atoms with Gasteiger partial charge in [0.1, 0.15) is 11.9 Å². The van der Waals surface area contributed by atoms with E-state index in [2.05, 4.69) is 16.0 Å². The highest BCUT2D eigenvalue weighted by Gasteiger charge is 2.28. The van der Waals surface area contributed by atoms with Crippen LogP contribution < -0.4 is 16.0 Å². The van der Waals surface area contributed by atoms with Crippen molar-refractivity contribution in [1.29, 1.82) is 0 Å². The van der Waals surface area contributed by atoms with E-state index in [1.165, 1.54) is 24.3 Å². The summed E-state index contributed by atoms with van der Waals surface area (Å²) in [7, 11) is 0. The lowest BCUT2D eigenvalue weighted by atomic mass is 10.1. The molecule has 1 atom stereocenters. The largest absolute Gasteiger partial charge is 0.352 e. The van der Waals surface area contributed by atoms with Crippen LogP contribution in [0.1, 0.15) is 18.4 Å². The van der Waals surface area contributed by atoms with Crippen molar-refractivity contribution < 1.29 is 14.0 Å². The molecule has 5 nitrogen and oxygen atoms in total. The van der Waals surface area contributed by atoms with Crippen molar-refractivity contribution in [2.75, 3.05) is 5.32 Å². The first kappa shape index (κ1) is 17.0. The Bertz CT molecular complexity index is 730. The number of rotatable bonds is 6. The maximum Gasteiger partial charge on any atom is 0.319 e. The van der Waals surface area contributed by atoms with Crippen LogP contribution in [0.25, 0.3) is 0 Å². The Kier molecular flexibility index (Phi) is 5.28. The van der Waals surface area contributed by atoms with Gasteiger partial charge in [-0.1, -0.05) is 30.3 Å². The quantitative estimate of drug-likeness (QED) is 0.756. The number of amides is 3. The third-order valence-electron chi connectivity index (χ3n) is 3.93. The molecule has 6 heteroatoms. The molecule has 25 heavy (non-hydrogen) atoms. The Labute approximate surface area is 145 Å². The lowest BCUT2D eigenvalue weighted by molar-refractivity contribution is -0.123. The smallest absolute Gasteiger partial charge is 0.319 e. The van der Waals surface area contributed by atoms with Crippen molar-refractivity contribution in [3.8, 4) is 0 Å². The van der Waals surface area contributed by atoms with E-state index < -0.39 is 12.1 Å². The molecule has 1 fully saturated rings. The van der Waals surface area contributed by atoms with Gasteiger partial charge in [-0.05, 0) is 42.7 Å². The van der Waals surface area contributed by atoms with E-state index >= 15 is 0 Å². The summed E-state index contributed by atoms with van der Waals surface area (Å²) in [5.74, 6) is -0.572. The lowest BCUT2D eigenvalue weighted by Gasteiger charge is -2.19. The molecular weight excluding hydrogens is 321 g/mol. The highest BCUT2D eigenvalue weighted by Crippen LogP contribution is 2.19. The number of hydrogen-bond donors (Lipinski definition) is 3. The average Bonchev–Trinajstić information content (AvgIpc) is 3.41. The van der Waals surface area contributed by atoms with Crippen LogP contribution in [0.5, 0.6) is 0 Å². The zero-order valence-corrected chi connectivity index (χ0v) is 13.7. The molecule has 0 radical (unpaired) electrons. The minimum atomic E-state index is -0.677. The summed E-state index contributed by atoms with van der Waals surface area (Å²) in [4.78, 5) is 24.6. The molecule has 0 aliphatic heterocycles. The van der Waals surface area contributed by atoms with E-state index in [1.807, 2.05) is 30.3 Å². The molecule has 1 aliphatic carbocycles. The van der Waals surface area contributed by atoms with Crippen molar-refractivity contribution in [2.24, 2.45) is 0 Å². The fourth-order valence-corrected chi connectivity index (χ4v) is 2.45. The van der Waals surface area contributed by atoms with Gasteiger partial charge in [-0.3, -0.25) is 4.79 Å². The first-order valence-corrected chi connectivity index (χ1v) is 8.27. The number of hydrogen-bond acceptors (Lipinski definition) is 2. The maximum atomic E-state index is 12.9. The molecule has 2 aromatic rings. The maximum absolute atomic E-state index is 12.9. The minimum absolute atomic E-state index is 0.194. The molecule has 3 amide bonds. The van der Waals surface area contributed by atoms with Crippen molar-refractivity contribution >= 4 is 17.6 Å². The predicted octanol–water partition coefficient (Wildman–Crippen LogP) is 2.84. The molecule has 1 saturated carbocycles. The summed E-state index contributed by atoms with van der Waals surface area (Å²) in [5, 5.41) is 8.24. The molecular formula is C19H20FN3O2. The van der Waals surface area contributed by atoms with Gasteiger partial charge in [0.05, 0.1) is 0 Å². The second-order valence-corrected chi connectivity index (χ2v) is 6.13. The molecule has 2 aromatic carbocycles. The molecule has 3 rings (SSSR count). The Balaban J connectivity index is 1.64. The number of urea groups is 1. The summed E-state index contributed by atoms with van der Waals surface area (Å²) in [6, 6.07) is 14.0. The van der Waals surface area contributed by atoms with E-state index in [-0.39, 0.29) is 17.8 Å². The summed E-state index contributed by atoms with van der Waals surface area (Å²) in [5.41, 5.74) is 1.42. The van der Waals surface area contributed by atoms with Gasteiger partial charge in [0, 0.05) is 18.2 Å². The lowest BCUT2D eigenvalue weighted by Crippen LogP contribution is -2.49. The monoisotopic (exact) mass is 341 g/mol. The van der Waals surface area contributed by atoms with Gasteiger partial charge >= 0.3 is 6.03 Å². The SMILES string of the molecule is O=C(Nc1ccc(F)cc1)N[C@@H](Cc1ccccc1)C(=O)NC1CC1. The van der Waals surface area contributed by atoms with Crippen LogP contribution in [0.15, 0.2) is 54.6 Å². The van der Waals surface area contributed by atoms with E-state index in [0.29, 0.717) is 12.1 Å². The van der Waals surface area contributed by atoms with Crippen LogP contribution in [0, 0.1) is 5.82 Å². The van der Waals surface area contributed by atoms with Crippen LogP contribution in [0.3, 0.4) is 0 Å². The molecule has 0 aromatic heterocycles. The second kappa shape index (κ2) is 7.79. The minimum Gasteiger partial charge on any atom is -0.352 e. The van der Waals surface area contributed by atoms with Gasteiger partial charge in [0.25, 0.3) is 0 Å². The zero-order chi connectivity index (χ0) is 17.6. The first-order chi connectivity index (χ1) is 12.1. The Morgan fingerprint density at radius 1 is 1.04 bits per heavy atom. The van der Waals surface area contributed by atoms with Gasteiger partial charge in [-0.25, -0.2) is 9.18 Å². The molecule has 0 heterocycles. The molecule has 3 N–H and O–H groups in total. The standard InChI is InChI=1S/C19H20FN3O2/c20-14-6-8-16(9-7-14)22-19(25)23-17(18(24)21-15-10-11-15)12-13-4-2-1-3-5-13/h1-9,15,17H,10-12H2,(H,21,24)(H2,22,23,25)/t17-/m0/s1. The second-order valence-electron chi connectivity index (χ2n) is 6.13. The molecule has 0 bridgehead atoms. The highest BCUT2D eigenvalue weighted by atomic mass is 19.1. The van der Waals surface area contributed by atoms with Crippen LogP contribution in [-0.2, 0) is 11.2 Å². The third-order valence-corrected chi connectivity index (χ3v) is 3.93. The Hall–Kier alpha value is -2.89. The molecule has 0 saturated heterocycles. The number of halogens is 1. The van der Waals surface area contributed by atoms with E-state index in [4.69, 9.17) is 0 Å². The summed E-state index contributed by atoms with van der Waals surface area (Å²) in [6.45, 7) is 0. The van der Waals surface area contributed by atoms with Crippen LogP contribution >= 0.6 is 0 Å². The fraction of sp³-hybridized carbons (Fsp3) is 0.263. The van der Waals surface area contributed by atoms with E-state index in [9.17, 15) is 14.0 Å². The summed E-state index contributed by atoms with van der Waals surface area (Å²) in [6.07, 6.45) is 2.35. The van der Waals surface area contributed by atoms with Gasteiger partial charge in [-0.2, -0.15) is 0 Å². The molecule has 0 spiro atoms. The Morgan fingerprint density at radius 3 is 2.36 bits per heavy atom. The van der Waals surface area contributed by atoms with Gasteiger partial charge in [-0.15, -0.1) is 0 Å². The normalized spacial score (nSPS) is 14.4. The van der Waals surface area contributed by atoms with Crippen molar-refractivity contribution in [1.82, 2.24) is 10.6 Å². The first-order valence-electron chi connectivity index (χ1n) is 8.27. The van der Waals surface area contributed by atoms with Crippen molar-refractivity contribution in [3.05, 3.63) is 66.0 Å². The van der Waals surface area contributed by atoms with E-state index in [1.54, 1.807) is 0 Å².